The summed E-state index contributed by atoms with van der Waals surface area (Å²) in [6.07, 6.45) is 0.518. The predicted octanol–water partition coefficient (Wildman–Crippen LogP) is 4.01. The SMILES string of the molecule is [2H]c1n2c(c(C)[n+]1-c1ccccc1C)C(C)(C)c1ccccc1-2. The molecule has 1 aliphatic rings. The Hall–Kier alpha value is -2.35. The molecule has 0 N–H and O–H groups in total. The maximum atomic E-state index is 8.82. The van der Waals surface area contributed by atoms with Gasteiger partial charge in [0, 0.05) is 12.5 Å². The zero-order valence-electron chi connectivity index (χ0n) is 14.5. The van der Waals surface area contributed by atoms with Gasteiger partial charge in [-0.2, -0.15) is 9.13 Å². The first-order chi connectivity index (χ1) is 10.9. The number of fused-ring (bicyclic) bond motifs is 3. The summed E-state index contributed by atoms with van der Waals surface area (Å²) in [7, 11) is 0. The Morgan fingerprint density at radius 3 is 2.45 bits per heavy atom. The van der Waals surface area contributed by atoms with E-state index in [-0.39, 0.29) is 5.41 Å². The molecule has 0 amide bonds. The minimum atomic E-state index is -0.0928. The van der Waals surface area contributed by atoms with Gasteiger partial charge in [0.15, 0.2) is 7.06 Å². The second-order valence-corrected chi connectivity index (χ2v) is 6.63. The van der Waals surface area contributed by atoms with E-state index in [4.69, 9.17) is 1.37 Å². The van der Waals surface area contributed by atoms with Crippen molar-refractivity contribution in [1.82, 2.24) is 4.57 Å². The minimum absolute atomic E-state index is 0.0928. The van der Waals surface area contributed by atoms with Crippen LogP contribution in [0.5, 0.6) is 0 Å². The van der Waals surface area contributed by atoms with Crippen molar-refractivity contribution in [3.8, 4) is 11.4 Å². The van der Waals surface area contributed by atoms with Gasteiger partial charge in [-0.05, 0) is 38.5 Å². The van der Waals surface area contributed by atoms with E-state index in [1.54, 1.807) is 0 Å². The van der Waals surface area contributed by atoms with Crippen molar-refractivity contribution in [2.75, 3.05) is 0 Å². The van der Waals surface area contributed by atoms with Gasteiger partial charge in [0.05, 0.1) is 5.41 Å². The standard InChI is InChI=1S/C20H21N2/c1-14-9-5-7-11-17(14)21-13-22-18-12-8-6-10-16(18)20(3,4)19(22)15(21)2/h5-13H,1-4H3/q+1/i13D. The quantitative estimate of drug-likeness (QED) is 0.599. The van der Waals surface area contributed by atoms with Gasteiger partial charge in [-0.15, -0.1) is 0 Å². The summed E-state index contributed by atoms with van der Waals surface area (Å²) >= 11 is 0. The van der Waals surface area contributed by atoms with Crippen molar-refractivity contribution in [3.63, 3.8) is 0 Å². The molecule has 0 fully saturated rings. The molecule has 0 spiro atoms. The van der Waals surface area contributed by atoms with Crippen molar-refractivity contribution >= 4 is 0 Å². The molecule has 3 aromatic rings. The highest BCUT2D eigenvalue weighted by Crippen LogP contribution is 2.43. The summed E-state index contributed by atoms with van der Waals surface area (Å²) < 4.78 is 13.0. The molecule has 1 aliphatic heterocycles. The molecule has 0 saturated heterocycles. The highest BCUT2D eigenvalue weighted by Gasteiger charge is 2.44. The van der Waals surface area contributed by atoms with E-state index in [2.05, 4.69) is 73.2 Å². The highest BCUT2D eigenvalue weighted by atomic mass is 15.2. The Balaban J connectivity index is 2.10. The summed E-state index contributed by atoms with van der Waals surface area (Å²) in [4.78, 5) is 0. The Labute approximate surface area is 133 Å². The third kappa shape index (κ3) is 1.58. The fourth-order valence-corrected chi connectivity index (χ4v) is 3.77. The molecule has 2 nitrogen and oxygen atoms in total. The lowest BCUT2D eigenvalue weighted by molar-refractivity contribution is -0.602. The first kappa shape index (κ1) is 12.2. The Morgan fingerprint density at radius 2 is 1.68 bits per heavy atom. The van der Waals surface area contributed by atoms with Crippen LogP contribution in [0.15, 0.2) is 54.8 Å². The minimum Gasteiger partial charge on any atom is -0.199 e. The predicted molar refractivity (Wildman–Crippen MR) is 88.9 cm³/mol. The number of rotatable bonds is 1. The van der Waals surface area contributed by atoms with Gasteiger partial charge in [-0.25, -0.2) is 0 Å². The van der Waals surface area contributed by atoms with E-state index < -0.39 is 0 Å². The van der Waals surface area contributed by atoms with Gasteiger partial charge in [0.25, 0.3) is 6.30 Å². The van der Waals surface area contributed by atoms with Crippen LogP contribution in [0, 0.1) is 13.8 Å². The first-order valence-corrected chi connectivity index (χ1v) is 7.75. The molecule has 0 aliphatic carbocycles. The molecule has 0 bridgehead atoms. The summed E-state index contributed by atoms with van der Waals surface area (Å²) in [5, 5.41) is 0. The van der Waals surface area contributed by atoms with Crippen LogP contribution in [-0.2, 0) is 5.41 Å². The maximum absolute atomic E-state index is 8.82. The van der Waals surface area contributed by atoms with Crippen LogP contribution < -0.4 is 4.57 Å². The molecule has 110 valence electrons. The van der Waals surface area contributed by atoms with Crippen molar-refractivity contribution in [2.24, 2.45) is 0 Å². The van der Waals surface area contributed by atoms with E-state index in [0.717, 1.165) is 17.1 Å². The number of hydrogen-bond acceptors (Lipinski definition) is 0. The monoisotopic (exact) mass is 290 g/mol. The Kier molecular flexibility index (Phi) is 2.40. The van der Waals surface area contributed by atoms with E-state index in [0.29, 0.717) is 6.30 Å². The molecular formula is C20H21N2+. The number of hydrogen-bond donors (Lipinski definition) is 0. The molecule has 2 heterocycles. The molecule has 0 unspecified atom stereocenters. The number of aryl methyl sites for hydroxylation is 1. The van der Waals surface area contributed by atoms with Gasteiger partial charge in [-0.3, -0.25) is 0 Å². The van der Waals surface area contributed by atoms with Gasteiger partial charge in [0.1, 0.15) is 17.1 Å². The third-order valence-corrected chi connectivity index (χ3v) is 4.87. The van der Waals surface area contributed by atoms with Crippen molar-refractivity contribution in [3.05, 3.63) is 77.3 Å². The smallest absolute Gasteiger partial charge is 0.199 e. The molecular weight excluding hydrogens is 268 g/mol. The number of benzene rings is 2. The molecule has 2 aromatic carbocycles. The zero-order chi connectivity index (χ0) is 16.4. The first-order valence-electron chi connectivity index (χ1n) is 8.25. The molecule has 2 heteroatoms. The largest absolute Gasteiger partial charge is 0.254 e. The topological polar surface area (TPSA) is 8.81 Å². The van der Waals surface area contributed by atoms with Crippen LogP contribution >= 0.6 is 0 Å². The molecule has 4 rings (SSSR count). The lowest BCUT2D eigenvalue weighted by Crippen LogP contribution is -2.34. The second-order valence-electron chi connectivity index (χ2n) is 6.63. The van der Waals surface area contributed by atoms with E-state index in [1.807, 2.05) is 12.1 Å². The molecule has 0 atom stereocenters. The van der Waals surface area contributed by atoms with E-state index in [1.165, 1.54) is 16.8 Å². The van der Waals surface area contributed by atoms with Gasteiger partial charge in [0.2, 0.25) is 0 Å². The molecule has 0 saturated carbocycles. The Bertz CT molecular complexity index is 935. The third-order valence-electron chi connectivity index (χ3n) is 4.87. The summed E-state index contributed by atoms with van der Waals surface area (Å²) in [5.41, 5.74) is 6.97. The lowest BCUT2D eigenvalue weighted by Gasteiger charge is -2.16. The zero-order valence-corrected chi connectivity index (χ0v) is 13.5. The van der Waals surface area contributed by atoms with Crippen LogP contribution in [-0.4, -0.2) is 4.57 Å². The van der Waals surface area contributed by atoms with Crippen LogP contribution in [0.1, 0.15) is 37.7 Å². The van der Waals surface area contributed by atoms with Crippen molar-refractivity contribution in [1.29, 1.82) is 0 Å². The summed E-state index contributed by atoms with van der Waals surface area (Å²) in [6.45, 7) is 8.73. The van der Waals surface area contributed by atoms with Crippen LogP contribution in [0.2, 0.25) is 0 Å². The van der Waals surface area contributed by atoms with E-state index in [9.17, 15) is 0 Å². The average Bonchev–Trinajstić information content (AvgIpc) is 2.93. The highest BCUT2D eigenvalue weighted by molar-refractivity contribution is 5.57. The number of para-hydroxylation sites is 2. The summed E-state index contributed by atoms with van der Waals surface area (Å²) in [6, 6.07) is 16.7. The van der Waals surface area contributed by atoms with Crippen molar-refractivity contribution in [2.45, 2.75) is 33.1 Å². The maximum Gasteiger partial charge on any atom is 0.254 e. The van der Waals surface area contributed by atoms with Crippen LogP contribution in [0.3, 0.4) is 0 Å². The normalized spacial score (nSPS) is 15.4. The number of aromatic nitrogens is 2. The molecule has 0 radical (unpaired) electrons. The van der Waals surface area contributed by atoms with Crippen molar-refractivity contribution < 1.29 is 5.94 Å². The average molecular weight is 290 g/mol. The fourth-order valence-electron chi connectivity index (χ4n) is 3.77. The Morgan fingerprint density at radius 1 is 1.00 bits per heavy atom. The van der Waals surface area contributed by atoms with Crippen LogP contribution in [0.4, 0.5) is 0 Å². The molecule has 22 heavy (non-hydrogen) atoms. The lowest BCUT2D eigenvalue weighted by atomic mass is 9.82. The summed E-state index contributed by atoms with van der Waals surface area (Å²) in [5.74, 6) is 0. The number of imidazole rings is 1. The fraction of sp³-hybridized carbons (Fsp3) is 0.250. The number of nitrogens with zero attached hydrogens (tertiary/aromatic N) is 2. The van der Waals surface area contributed by atoms with Gasteiger partial charge >= 0.3 is 0 Å². The van der Waals surface area contributed by atoms with Crippen LogP contribution in [0.25, 0.3) is 11.4 Å². The van der Waals surface area contributed by atoms with E-state index >= 15 is 0 Å². The second kappa shape index (κ2) is 4.33. The molecule has 1 aromatic heterocycles. The van der Waals surface area contributed by atoms with Gasteiger partial charge < -0.3 is 0 Å². The van der Waals surface area contributed by atoms with Gasteiger partial charge in [-0.1, -0.05) is 36.4 Å².